The molecule has 1 aromatic carbocycles. The van der Waals surface area contributed by atoms with Crippen molar-refractivity contribution < 1.29 is 4.79 Å². The van der Waals surface area contributed by atoms with Crippen molar-refractivity contribution in [3.8, 4) is 0 Å². The van der Waals surface area contributed by atoms with Gasteiger partial charge in [0.15, 0.2) is 0 Å². The summed E-state index contributed by atoms with van der Waals surface area (Å²) in [6.45, 7) is 2.63. The number of benzene rings is 1. The van der Waals surface area contributed by atoms with E-state index in [-0.39, 0.29) is 17.9 Å². The molecule has 4 N–H and O–H groups in total. The van der Waals surface area contributed by atoms with Crippen molar-refractivity contribution in [1.29, 1.82) is 5.41 Å². The summed E-state index contributed by atoms with van der Waals surface area (Å²) in [7, 11) is 0. The molecule has 1 atom stereocenters. The van der Waals surface area contributed by atoms with E-state index in [1.807, 2.05) is 31.2 Å². The molecule has 1 aliphatic rings. The van der Waals surface area contributed by atoms with Gasteiger partial charge in [-0.05, 0) is 37.5 Å². The van der Waals surface area contributed by atoms with Crippen LogP contribution in [0.1, 0.15) is 18.4 Å². The van der Waals surface area contributed by atoms with Crippen LogP contribution in [-0.4, -0.2) is 29.4 Å². The molecule has 0 saturated carbocycles. The molecule has 1 heterocycles. The number of hydrogen-bond donors (Lipinski definition) is 3. The van der Waals surface area contributed by atoms with Gasteiger partial charge in [-0.3, -0.25) is 5.41 Å². The average Bonchev–Trinajstić information content (AvgIpc) is 2.77. The Morgan fingerprint density at radius 2 is 2.33 bits per heavy atom. The van der Waals surface area contributed by atoms with Gasteiger partial charge in [-0.25, -0.2) is 4.79 Å². The molecule has 0 radical (unpaired) electrons. The number of amidine groups is 1. The fourth-order valence-electron chi connectivity index (χ4n) is 2.25. The van der Waals surface area contributed by atoms with Crippen LogP contribution in [0.3, 0.4) is 0 Å². The Balaban J connectivity index is 2.06. The summed E-state index contributed by atoms with van der Waals surface area (Å²) in [6.07, 6.45) is 1.67. The van der Waals surface area contributed by atoms with Crippen molar-refractivity contribution in [2.75, 3.05) is 11.9 Å². The predicted octanol–water partition coefficient (Wildman–Crippen LogP) is 1.93. The SMILES string of the molecule is Cc1cccc(NC(=O)N2CCCC2C(=N)N)c1. The van der Waals surface area contributed by atoms with Crippen LogP contribution in [0.2, 0.25) is 0 Å². The highest BCUT2D eigenvalue weighted by Gasteiger charge is 2.30. The first kappa shape index (κ1) is 12.4. The summed E-state index contributed by atoms with van der Waals surface area (Å²) in [4.78, 5) is 13.7. The first-order valence-corrected chi connectivity index (χ1v) is 6.06. The molecule has 1 unspecified atom stereocenters. The van der Waals surface area contributed by atoms with Crippen LogP contribution >= 0.6 is 0 Å². The lowest BCUT2D eigenvalue weighted by Gasteiger charge is -2.23. The first-order valence-electron chi connectivity index (χ1n) is 6.06. The third kappa shape index (κ3) is 2.61. The second kappa shape index (κ2) is 5.08. The maximum atomic E-state index is 12.1. The highest BCUT2D eigenvalue weighted by Crippen LogP contribution is 2.19. The number of rotatable bonds is 2. The molecular weight excluding hydrogens is 228 g/mol. The normalized spacial score (nSPS) is 18.7. The van der Waals surface area contributed by atoms with E-state index < -0.39 is 0 Å². The van der Waals surface area contributed by atoms with Gasteiger partial charge in [-0.1, -0.05) is 12.1 Å². The molecular formula is C13H18N4O. The van der Waals surface area contributed by atoms with Gasteiger partial charge in [0.2, 0.25) is 0 Å². The van der Waals surface area contributed by atoms with E-state index >= 15 is 0 Å². The minimum Gasteiger partial charge on any atom is -0.386 e. The lowest BCUT2D eigenvalue weighted by molar-refractivity contribution is 0.216. The number of carbonyl (C=O) groups excluding carboxylic acids is 1. The summed E-state index contributed by atoms with van der Waals surface area (Å²) in [5, 5.41) is 10.3. The smallest absolute Gasteiger partial charge is 0.322 e. The fourth-order valence-corrected chi connectivity index (χ4v) is 2.25. The van der Waals surface area contributed by atoms with Gasteiger partial charge in [0.05, 0.1) is 6.04 Å². The number of anilines is 1. The number of nitrogens with two attached hydrogens (primary N) is 1. The molecule has 96 valence electrons. The minimum atomic E-state index is -0.255. The Morgan fingerprint density at radius 1 is 1.56 bits per heavy atom. The largest absolute Gasteiger partial charge is 0.386 e. The molecule has 2 amide bonds. The number of likely N-dealkylation sites (tertiary alicyclic amines) is 1. The van der Waals surface area contributed by atoms with Gasteiger partial charge >= 0.3 is 6.03 Å². The standard InChI is InChI=1S/C13H18N4O/c1-9-4-2-5-10(8-9)16-13(18)17-7-3-6-11(17)12(14)15/h2,4-5,8,11H,3,6-7H2,1H3,(H3,14,15)(H,16,18). The van der Waals surface area contributed by atoms with E-state index in [0.29, 0.717) is 6.54 Å². The first-order chi connectivity index (χ1) is 8.58. The fraction of sp³-hybridized carbons (Fsp3) is 0.385. The van der Waals surface area contributed by atoms with E-state index in [0.717, 1.165) is 24.1 Å². The molecule has 1 aliphatic heterocycles. The molecule has 0 aromatic heterocycles. The van der Waals surface area contributed by atoms with E-state index in [2.05, 4.69) is 5.32 Å². The van der Waals surface area contributed by atoms with Gasteiger partial charge in [0, 0.05) is 12.2 Å². The number of aryl methyl sites for hydroxylation is 1. The number of amides is 2. The number of urea groups is 1. The average molecular weight is 246 g/mol. The van der Waals surface area contributed by atoms with Crippen LogP contribution in [0, 0.1) is 12.3 Å². The minimum absolute atomic E-state index is 0.0619. The number of carbonyl (C=O) groups is 1. The van der Waals surface area contributed by atoms with Crippen molar-refractivity contribution in [1.82, 2.24) is 4.90 Å². The zero-order chi connectivity index (χ0) is 13.1. The molecule has 5 nitrogen and oxygen atoms in total. The summed E-state index contributed by atoms with van der Waals surface area (Å²) in [5.41, 5.74) is 7.37. The topological polar surface area (TPSA) is 82.2 Å². The molecule has 0 spiro atoms. The zero-order valence-corrected chi connectivity index (χ0v) is 10.4. The summed E-state index contributed by atoms with van der Waals surface area (Å²) >= 11 is 0. The zero-order valence-electron chi connectivity index (χ0n) is 10.4. The maximum Gasteiger partial charge on any atom is 0.322 e. The third-order valence-corrected chi connectivity index (χ3v) is 3.14. The summed E-state index contributed by atoms with van der Waals surface area (Å²) < 4.78 is 0. The molecule has 18 heavy (non-hydrogen) atoms. The van der Waals surface area contributed by atoms with Crippen LogP contribution in [0.4, 0.5) is 10.5 Å². The third-order valence-electron chi connectivity index (χ3n) is 3.14. The Morgan fingerprint density at radius 3 is 3.00 bits per heavy atom. The van der Waals surface area contributed by atoms with E-state index in [1.165, 1.54) is 0 Å². The number of hydrogen-bond acceptors (Lipinski definition) is 2. The number of nitrogens with one attached hydrogen (secondary N) is 2. The number of nitrogens with zero attached hydrogens (tertiary/aromatic N) is 1. The molecule has 1 fully saturated rings. The Labute approximate surface area is 106 Å². The van der Waals surface area contributed by atoms with Crippen LogP contribution in [0.15, 0.2) is 24.3 Å². The van der Waals surface area contributed by atoms with Crippen molar-refractivity contribution in [3.05, 3.63) is 29.8 Å². The summed E-state index contributed by atoms with van der Waals surface area (Å²) in [5.74, 6) is 0.0619. The molecule has 1 saturated heterocycles. The van der Waals surface area contributed by atoms with E-state index in [9.17, 15) is 4.79 Å². The van der Waals surface area contributed by atoms with E-state index in [1.54, 1.807) is 4.90 Å². The van der Waals surface area contributed by atoms with Gasteiger partial charge in [-0.15, -0.1) is 0 Å². The highest BCUT2D eigenvalue weighted by molar-refractivity contribution is 5.94. The lowest BCUT2D eigenvalue weighted by atomic mass is 10.2. The summed E-state index contributed by atoms with van der Waals surface area (Å²) in [6, 6.07) is 7.20. The van der Waals surface area contributed by atoms with Gasteiger partial charge in [-0.2, -0.15) is 0 Å². The molecule has 2 rings (SSSR count). The van der Waals surface area contributed by atoms with Gasteiger partial charge in [0.1, 0.15) is 5.84 Å². The Hall–Kier alpha value is -2.04. The molecule has 0 aliphatic carbocycles. The van der Waals surface area contributed by atoms with Gasteiger partial charge < -0.3 is 16.0 Å². The lowest BCUT2D eigenvalue weighted by Crippen LogP contribution is -2.45. The van der Waals surface area contributed by atoms with Crippen LogP contribution in [0.5, 0.6) is 0 Å². The quantitative estimate of drug-likeness (QED) is 0.550. The Bertz CT molecular complexity index is 472. The monoisotopic (exact) mass is 246 g/mol. The van der Waals surface area contributed by atoms with Crippen molar-refractivity contribution in [3.63, 3.8) is 0 Å². The second-order valence-corrected chi connectivity index (χ2v) is 4.61. The van der Waals surface area contributed by atoms with E-state index in [4.69, 9.17) is 11.1 Å². The second-order valence-electron chi connectivity index (χ2n) is 4.61. The maximum absolute atomic E-state index is 12.1. The molecule has 1 aromatic rings. The predicted molar refractivity (Wildman–Crippen MR) is 71.8 cm³/mol. The van der Waals surface area contributed by atoms with Crippen LogP contribution < -0.4 is 11.1 Å². The highest BCUT2D eigenvalue weighted by atomic mass is 16.2. The van der Waals surface area contributed by atoms with Crippen LogP contribution in [0.25, 0.3) is 0 Å². The van der Waals surface area contributed by atoms with Crippen LogP contribution in [-0.2, 0) is 0 Å². The van der Waals surface area contributed by atoms with Crippen molar-refractivity contribution in [2.45, 2.75) is 25.8 Å². The molecule has 0 bridgehead atoms. The van der Waals surface area contributed by atoms with Crippen molar-refractivity contribution >= 4 is 17.6 Å². The Kier molecular flexibility index (Phi) is 3.50. The van der Waals surface area contributed by atoms with Gasteiger partial charge in [0.25, 0.3) is 0 Å². The van der Waals surface area contributed by atoms with Crippen molar-refractivity contribution in [2.24, 2.45) is 5.73 Å². The molecule has 5 heteroatoms.